The summed E-state index contributed by atoms with van der Waals surface area (Å²) in [6.45, 7) is 5.36. The lowest BCUT2D eigenvalue weighted by atomic mass is 10.0. The van der Waals surface area contributed by atoms with Crippen molar-refractivity contribution in [2.45, 2.75) is 51.4 Å². The Balaban J connectivity index is 2.66. The van der Waals surface area contributed by atoms with Gasteiger partial charge in [-0.05, 0) is 33.6 Å². The van der Waals surface area contributed by atoms with Crippen molar-refractivity contribution < 1.29 is 19.0 Å². The summed E-state index contributed by atoms with van der Waals surface area (Å²) in [4.78, 5) is 13.0. The third-order valence-corrected chi connectivity index (χ3v) is 2.51. The molecule has 1 rings (SSSR count). The molecular formula is C11H20FNO3. The van der Waals surface area contributed by atoms with Gasteiger partial charge in [-0.1, -0.05) is 0 Å². The smallest absolute Gasteiger partial charge is 0.410 e. The van der Waals surface area contributed by atoms with Gasteiger partial charge in [0.15, 0.2) is 0 Å². The van der Waals surface area contributed by atoms with E-state index in [1.54, 1.807) is 20.8 Å². The maximum Gasteiger partial charge on any atom is 0.410 e. The number of aliphatic hydroxyl groups is 1. The molecule has 1 heterocycles. The number of likely N-dealkylation sites (tertiary alicyclic amines) is 1. The summed E-state index contributed by atoms with van der Waals surface area (Å²) in [6, 6.07) is -0.761. The molecule has 94 valence electrons. The minimum absolute atomic E-state index is 0.361. The van der Waals surface area contributed by atoms with Crippen LogP contribution in [0, 0.1) is 0 Å². The van der Waals surface area contributed by atoms with Gasteiger partial charge in [0.2, 0.25) is 0 Å². The molecule has 1 aliphatic heterocycles. The number of nitrogens with zero attached hydrogens (tertiary/aromatic N) is 1. The average Bonchev–Trinajstić information content (AvgIpc) is 2.14. The monoisotopic (exact) mass is 233 g/mol. The first-order chi connectivity index (χ1) is 7.35. The summed E-state index contributed by atoms with van der Waals surface area (Å²) in [5, 5.41) is 9.09. The lowest BCUT2D eigenvalue weighted by Gasteiger charge is -2.37. The number of piperidine rings is 1. The fraction of sp³-hybridized carbons (Fsp3) is 0.909. The Morgan fingerprint density at radius 2 is 2.19 bits per heavy atom. The summed E-state index contributed by atoms with van der Waals surface area (Å²) in [5.74, 6) is 0. The van der Waals surface area contributed by atoms with Crippen LogP contribution in [0.1, 0.15) is 33.6 Å². The molecule has 2 atom stereocenters. The van der Waals surface area contributed by atoms with Crippen LogP contribution in [0.5, 0.6) is 0 Å². The summed E-state index contributed by atoms with van der Waals surface area (Å²) >= 11 is 0. The second kappa shape index (κ2) is 4.99. The second-order valence-corrected chi connectivity index (χ2v) is 5.08. The standard InChI is InChI=1S/C11H20FNO3/c1-11(2,3)16-10(15)13-6-4-5-8(12)9(13)7-14/h8-9,14H,4-7H2,1-3H3/t8-,9-/m1/s1. The van der Waals surface area contributed by atoms with E-state index in [0.29, 0.717) is 19.4 Å². The third kappa shape index (κ3) is 3.33. The molecule has 16 heavy (non-hydrogen) atoms. The third-order valence-electron chi connectivity index (χ3n) is 2.51. The molecule has 5 heteroatoms. The number of alkyl halides is 1. The van der Waals surface area contributed by atoms with E-state index in [9.17, 15) is 9.18 Å². The molecule has 0 aromatic carbocycles. The van der Waals surface area contributed by atoms with Crippen LogP contribution in [0.4, 0.5) is 9.18 Å². The van der Waals surface area contributed by atoms with Crippen LogP contribution in [-0.4, -0.2) is 47.1 Å². The van der Waals surface area contributed by atoms with E-state index in [0.717, 1.165) is 0 Å². The molecule has 0 bridgehead atoms. The fourth-order valence-corrected chi connectivity index (χ4v) is 1.77. The lowest BCUT2D eigenvalue weighted by Crippen LogP contribution is -2.52. The SMILES string of the molecule is CC(C)(C)OC(=O)N1CCC[C@@H](F)[C@H]1CO. The quantitative estimate of drug-likeness (QED) is 0.750. The van der Waals surface area contributed by atoms with Crippen molar-refractivity contribution in [3.63, 3.8) is 0 Å². The Bertz CT molecular complexity index is 252. The number of carbonyl (C=O) groups excluding carboxylic acids is 1. The molecule has 1 amide bonds. The molecule has 0 spiro atoms. The number of hydrogen-bond acceptors (Lipinski definition) is 3. The molecule has 0 aromatic rings. The van der Waals surface area contributed by atoms with E-state index < -0.39 is 23.9 Å². The van der Waals surface area contributed by atoms with Crippen LogP contribution in [0.3, 0.4) is 0 Å². The van der Waals surface area contributed by atoms with Gasteiger partial charge in [0.1, 0.15) is 11.8 Å². The molecule has 1 N–H and O–H groups in total. The second-order valence-electron chi connectivity index (χ2n) is 5.08. The Hall–Kier alpha value is -0.840. The number of aliphatic hydroxyl groups excluding tert-OH is 1. The van der Waals surface area contributed by atoms with Gasteiger partial charge in [-0.3, -0.25) is 4.90 Å². The molecule has 1 fully saturated rings. The average molecular weight is 233 g/mol. The van der Waals surface area contributed by atoms with Crippen molar-refractivity contribution in [1.82, 2.24) is 4.90 Å². The zero-order chi connectivity index (χ0) is 12.3. The topological polar surface area (TPSA) is 49.8 Å². The van der Waals surface area contributed by atoms with Crippen LogP contribution < -0.4 is 0 Å². The van der Waals surface area contributed by atoms with E-state index in [1.165, 1.54) is 4.90 Å². The molecule has 1 aliphatic rings. The number of halogens is 1. The maximum absolute atomic E-state index is 13.5. The maximum atomic E-state index is 13.5. The largest absolute Gasteiger partial charge is 0.444 e. The molecule has 4 nitrogen and oxygen atoms in total. The Labute approximate surface area is 95.4 Å². The molecule has 0 unspecified atom stereocenters. The highest BCUT2D eigenvalue weighted by Gasteiger charge is 2.36. The van der Waals surface area contributed by atoms with Crippen LogP contribution in [-0.2, 0) is 4.74 Å². The Morgan fingerprint density at radius 3 is 2.69 bits per heavy atom. The Morgan fingerprint density at radius 1 is 1.56 bits per heavy atom. The predicted molar refractivity (Wildman–Crippen MR) is 57.9 cm³/mol. The van der Waals surface area contributed by atoms with Gasteiger partial charge in [-0.25, -0.2) is 9.18 Å². The van der Waals surface area contributed by atoms with Crippen molar-refractivity contribution in [3.05, 3.63) is 0 Å². The van der Waals surface area contributed by atoms with Gasteiger partial charge in [-0.15, -0.1) is 0 Å². The van der Waals surface area contributed by atoms with Crippen LogP contribution in [0.25, 0.3) is 0 Å². The van der Waals surface area contributed by atoms with Gasteiger partial charge in [0.05, 0.1) is 12.6 Å². The molecule has 0 aromatic heterocycles. The van der Waals surface area contributed by atoms with E-state index in [1.807, 2.05) is 0 Å². The number of carbonyl (C=O) groups is 1. The highest BCUT2D eigenvalue weighted by Crippen LogP contribution is 2.22. The van der Waals surface area contributed by atoms with Crippen molar-refractivity contribution in [2.75, 3.05) is 13.2 Å². The Kier molecular flexibility index (Phi) is 4.13. The van der Waals surface area contributed by atoms with Crippen LogP contribution in [0.2, 0.25) is 0 Å². The fourth-order valence-electron chi connectivity index (χ4n) is 1.77. The highest BCUT2D eigenvalue weighted by atomic mass is 19.1. The normalized spacial score (nSPS) is 26.7. The molecule has 0 aliphatic carbocycles. The number of rotatable bonds is 1. The lowest BCUT2D eigenvalue weighted by molar-refractivity contribution is -0.0171. The van der Waals surface area contributed by atoms with Gasteiger partial charge >= 0.3 is 6.09 Å². The van der Waals surface area contributed by atoms with E-state index in [4.69, 9.17) is 9.84 Å². The summed E-state index contributed by atoms with van der Waals surface area (Å²) in [7, 11) is 0. The zero-order valence-electron chi connectivity index (χ0n) is 10.1. The summed E-state index contributed by atoms with van der Waals surface area (Å²) in [6.07, 6.45) is -0.707. The number of amides is 1. The molecule has 0 saturated carbocycles. The van der Waals surface area contributed by atoms with Crippen LogP contribution in [0.15, 0.2) is 0 Å². The van der Waals surface area contributed by atoms with Gasteiger partial charge in [0.25, 0.3) is 0 Å². The first-order valence-corrected chi connectivity index (χ1v) is 5.59. The summed E-state index contributed by atoms with van der Waals surface area (Å²) < 4.78 is 18.6. The van der Waals surface area contributed by atoms with E-state index in [-0.39, 0.29) is 6.61 Å². The number of ether oxygens (including phenoxy) is 1. The molecule has 0 radical (unpaired) electrons. The molecular weight excluding hydrogens is 213 g/mol. The minimum Gasteiger partial charge on any atom is -0.444 e. The van der Waals surface area contributed by atoms with E-state index >= 15 is 0 Å². The van der Waals surface area contributed by atoms with Gasteiger partial charge < -0.3 is 9.84 Å². The number of hydrogen-bond donors (Lipinski definition) is 1. The van der Waals surface area contributed by atoms with Gasteiger partial charge in [0, 0.05) is 6.54 Å². The predicted octanol–water partition coefficient (Wildman–Crippen LogP) is 1.72. The van der Waals surface area contributed by atoms with Crippen LogP contribution >= 0.6 is 0 Å². The first kappa shape index (κ1) is 13.2. The van der Waals surface area contributed by atoms with Crippen molar-refractivity contribution in [2.24, 2.45) is 0 Å². The van der Waals surface area contributed by atoms with Crippen molar-refractivity contribution in [1.29, 1.82) is 0 Å². The van der Waals surface area contributed by atoms with Crippen molar-refractivity contribution >= 4 is 6.09 Å². The van der Waals surface area contributed by atoms with Gasteiger partial charge in [-0.2, -0.15) is 0 Å². The van der Waals surface area contributed by atoms with Crippen molar-refractivity contribution in [3.8, 4) is 0 Å². The van der Waals surface area contributed by atoms with E-state index in [2.05, 4.69) is 0 Å². The molecule has 1 saturated heterocycles. The highest BCUT2D eigenvalue weighted by molar-refractivity contribution is 5.68. The minimum atomic E-state index is -1.16. The zero-order valence-corrected chi connectivity index (χ0v) is 10.1. The summed E-state index contributed by atoms with van der Waals surface area (Å²) in [5.41, 5.74) is -0.597. The first-order valence-electron chi connectivity index (χ1n) is 5.59.